The number of allylic oxidation sites excluding steroid dienone is 2. The minimum atomic E-state index is -0.241. The highest BCUT2D eigenvalue weighted by atomic mass is 16.6. The first-order chi connectivity index (χ1) is 11.9. The number of rotatable bonds is 2. The number of esters is 1. The molecular formula is C23H32O2. The summed E-state index contributed by atoms with van der Waals surface area (Å²) in [5, 5.41) is 0. The molecule has 0 amide bonds. The lowest BCUT2D eigenvalue weighted by molar-refractivity contribution is -0.185. The van der Waals surface area contributed by atoms with Crippen molar-refractivity contribution in [3.8, 4) is 0 Å². The molecule has 6 aliphatic carbocycles. The van der Waals surface area contributed by atoms with Crippen LogP contribution in [-0.4, -0.2) is 11.6 Å². The lowest BCUT2D eigenvalue weighted by Gasteiger charge is -2.47. The standard InChI is InChI=1S/C23H32O2/c1-12-17-10-18(20-15-6-5-14(9-15)19(17)20)23(12,3)21(24)25-22(2)11-13-4-7-16(22)8-13/h5-6,12-20H,4,7-11H2,1-3H3. The molecular weight excluding hydrogens is 308 g/mol. The second kappa shape index (κ2) is 4.54. The van der Waals surface area contributed by atoms with Crippen LogP contribution >= 0.6 is 0 Å². The van der Waals surface area contributed by atoms with E-state index in [1.807, 2.05) is 0 Å². The van der Waals surface area contributed by atoms with Gasteiger partial charge in [0.1, 0.15) is 5.60 Å². The fraction of sp³-hybridized carbons (Fsp3) is 0.870. The Kier molecular flexibility index (Phi) is 2.78. The van der Waals surface area contributed by atoms with E-state index in [0.29, 0.717) is 17.8 Å². The lowest BCUT2D eigenvalue weighted by atomic mass is 9.58. The van der Waals surface area contributed by atoms with Crippen molar-refractivity contribution in [3.05, 3.63) is 12.2 Å². The van der Waals surface area contributed by atoms with E-state index in [1.54, 1.807) is 0 Å². The zero-order valence-electron chi connectivity index (χ0n) is 15.9. The quantitative estimate of drug-likeness (QED) is 0.408. The largest absolute Gasteiger partial charge is 0.459 e. The SMILES string of the molecule is CC1C2CC(C3C4C=CC(C4)C23)C1(C)C(=O)OC1(C)CC2CCC1C2. The number of fused-ring (bicyclic) bond motifs is 11. The summed E-state index contributed by atoms with van der Waals surface area (Å²) in [6, 6.07) is 0. The van der Waals surface area contributed by atoms with E-state index >= 15 is 0 Å². The van der Waals surface area contributed by atoms with Crippen LogP contribution in [0.5, 0.6) is 0 Å². The molecule has 136 valence electrons. The Balaban J connectivity index is 1.29. The number of hydrogen-bond donors (Lipinski definition) is 0. The molecule has 0 saturated heterocycles. The number of carbonyl (C=O) groups excluding carboxylic acids is 1. The minimum Gasteiger partial charge on any atom is -0.459 e. The van der Waals surface area contributed by atoms with Gasteiger partial charge in [-0.2, -0.15) is 0 Å². The molecule has 0 spiro atoms. The topological polar surface area (TPSA) is 26.3 Å². The minimum absolute atomic E-state index is 0.160. The van der Waals surface area contributed by atoms with Crippen molar-refractivity contribution in [1.82, 2.24) is 0 Å². The van der Waals surface area contributed by atoms with E-state index in [9.17, 15) is 4.79 Å². The zero-order chi connectivity index (χ0) is 17.1. The maximum absolute atomic E-state index is 13.6. The highest BCUT2D eigenvalue weighted by molar-refractivity contribution is 5.79. The Labute approximate surface area is 151 Å². The molecule has 25 heavy (non-hydrogen) atoms. The van der Waals surface area contributed by atoms with Crippen molar-refractivity contribution in [3.63, 3.8) is 0 Å². The van der Waals surface area contributed by atoms with Crippen molar-refractivity contribution in [2.24, 2.45) is 58.7 Å². The van der Waals surface area contributed by atoms with Gasteiger partial charge in [0.25, 0.3) is 0 Å². The van der Waals surface area contributed by atoms with Crippen LogP contribution in [0.4, 0.5) is 0 Å². The summed E-state index contributed by atoms with van der Waals surface area (Å²) in [4.78, 5) is 13.6. The summed E-state index contributed by atoms with van der Waals surface area (Å²) < 4.78 is 6.41. The van der Waals surface area contributed by atoms with Gasteiger partial charge in [-0.1, -0.05) is 19.1 Å². The predicted octanol–water partition coefficient (Wildman–Crippen LogP) is 4.84. The van der Waals surface area contributed by atoms with E-state index in [-0.39, 0.29) is 17.0 Å². The molecule has 11 unspecified atom stereocenters. The van der Waals surface area contributed by atoms with Crippen molar-refractivity contribution in [2.45, 2.75) is 64.9 Å². The Morgan fingerprint density at radius 1 is 1.04 bits per heavy atom. The molecule has 6 bridgehead atoms. The summed E-state index contributed by atoms with van der Waals surface area (Å²) in [7, 11) is 0. The molecule has 5 fully saturated rings. The Morgan fingerprint density at radius 2 is 1.80 bits per heavy atom. The number of carbonyl (C=O) groups is 1. The van der Waals surface area contributed by atoms with Gasteiger partial charge in [0.15, 0.2) is 0 Å². The van der Waals surface area contributed by atoms with Crippen LogP contribution < -0.4 is 0 Å². The second-order valence-electron chi connectivity index (χ2n) is 11.0. The van der Waals surface area contributed by atoms with Crippen LogP contribution in [-0.2, 0) is 9.53 Å². The Morgan fingerprint density at radius 3 is 2.48 bits per heavy atom. The van der Waals surface area contributed by atoms with Crippen molar-refractivity contribution < 1.29 is 9.53 Å². The normalized spacial score (nSPS) is 62.8. The van der Waals surface area contributed by atoms with Gasteiger partial charge >= 0.3 is 5.97 Å². The van der Waals surface area contributed by atoms with Gasteiger partial charge in [0.05, 0.1) is 5.41 Å². The monoisotopic (exact) mass is 340 g/mol. The molecule has 0 heterocycles. The van der Waals surface area contributed by atoms with Crippen LogP contribution in [0, 0.1) is 58.7 Å². The average molecular weight is 341 g/mol. The summed E-state index contributed by atoms with van der Waals surface area (Å²) in [5.41, 5.74) is -0.409. The van der Waals surface area contributed by atoms with Crippen molar-refractivity contribution in [2.75, 3.05) is 0 Å². The van der Waals surface area contributed by atoms with Gasteiger partial charge in [-0.3, -0.25) is 4.79 Å². The van der Waals surface area contributed by atoms with E-state index < -0.39 is 0 Å². The first-order valence-corrected chi connectivity index (χ1v) is 10.8. The van der Waals surface area contributed by atoms with Crippen molar-refractivity contribution >= 4 is 5.97 Å². The van der Waals surface area contributed by atoms with E-state index in [0.717, 1.165) is 41.9 Å². The molecule has 0 aromatic carbocycles. The third kappa shape index (κ3) is 1.66. The molecule has 0 aromatic rings. The first-order valence-electron chi connectivity index (χ1n) is 10.8. The van der Waals surface area contributed by atoms with Gasteiger partial charge < -0.3 is 4.74 Å². The first kappa shape index (κ1) is 15.3. The summed E-state index contributed by atoms with van der Waals surface area (Å²) in [6.07, 6.45) is 12.6. The van der Waals surface area contributed by atoms with Crippen molar-refractivity contribution in [1.29, 1.82) is 0 Å². The molecule has 2 nitrogen and oxygen atoms in total. The van der Waals surface area contributed by atoms with Crippen LogP contribution in [0.1, 0.15) is 59.3 Å². The molecule has 0 aliphatic heterocycles. The zero-order valence-corrected chi connectivity index (χ0v) is 15.9. The lowest BCUT2D eigenvalue weighted by Crippen LogP contribution is -2.51. The molecule has 0 aromatic heterocycles. The van der Waals surface area contributed by atoms with Gasteiger partial charge in [-0.25, -0.2) is 0 Å². The van der Waals surface area contributed by atoms with Gasteiger partial charge in [-0.05, 0) is 106 Å². The maximum Gasteiger partial charge on any atom is 0.312 e. The number of hydrogen-bond acceptors (Lipinski definition) is 2. The third-order valence-electron chi connectivity index (χ3n) is 10.3. The van der Waals surface area contributed by atoms with Crippen LogP contribution in [0.15, 0.2) is 12.2 Å². The molecule has 6 rings (SSSR count). The molecule has 0 N–H and O–H groups in total. The highest BCUT2D eigenvalue weighted by Gasteiger charge is 2.70. The van der Waals surface area contributed by atoms with Crippen LogP contribution in [0.25, 0.3) is 0 Å². The molecule has 6 aliphatic rings. The van der Waals surface area contributed by atoms with Crippen LogP contribution in [0.2, 0.25) is 0 Å². The summed E-state index contributed by atoms with van der Waals surface area (Å²) in [5.74, 6) is 6.60. The predicted molar refractivity (Wildman–Crippen MR) is 96.5 cm³/mol. The Bertz CT molecular complexity index is 667. The van der Waals surface area contributed by atoms with Crippen LogP contribution in [0.3, 0.4) is 0 Å². The second-order valence-corrected chi connectivity index (χ2v) is 11.0. The van der Waals surface area contributed by atoms with Gasteiger partial charge in [-0.15, -0.1) is 0 Å². The highest BCUT2D eigenvalue weighted by Crippen LogP contribution is 2.72. The van der Waals surface area contributed by atoms with Gasteiger partial charge in [0.2, 0.25) is 0 Å². The fourth-order valence-corrected chi connectivity index (χ4v) is 8.98. The third-order valence-corrected chi connectivity index (χ3v) is 10.3. The molecule has 2 heteroatoms. The fourth-order valence-electron chi connectivity index (χ4n) is 8.98. The molecule has 11 atom stereocenters. The van der Waals surface area contributed by atoms with Gasteiger partial charge in [0, 0.05) is 0 Å². The molecule has 0 radical (unpaired) electrons. The van der Waals surface area contributed by atoms with E-state index in [1.165, 1.54) is 32.1 Å². The summed E-state index contributed by atoms with van der Waals surface area (Å²) in [6.45, 7) is 6.87. The van der Waals surface area contributed by atoms with E-state index in [4.69, 9.17) is 4.74 Å². The Hall–Kier alpha value is -0.790. The number of ether oxygens (including phenoxy) is 1. The summed E-state index contributed by atoms with van der Waals surface area (Å²) >= 11 is 0. The van der Waals surface area contributed by atoms with E-state index in [2.05, 4.69) is 32.9 Å². The molecule has 5 saturated carbocycles. The maximum atomic E-state index is 13.6. The average Bonchev–Trinajstić information content (AvgIpc) is 3.35. The smallest absolute Gasteiger partial charge is 0.312 e.